The maximum atomic E-state index is 12.5. The van der Waals surface area contributed by atoms with E-state index in [0.29, 0.717) is 18.3 Å². The van der Waals surface area contributed by atoms with E-state index in [1.165, 1.54) is 12.8 Å². The Morgan fingerprint density at radius 1 is 1.38 bits per heavy atom. The van der Waals surface area contributed by atoms with Crippen LogP contribution < -0.4 is 10.2 Å². The van der Waals surface area contributed by atoms with Gasteiger partial charge in [0.05, 0.1) is 0 Å². The molecule has 4 heteroatoms. The second-order valence-electron chi connectivity index (χ2n) is 5.76. The molecule has 118 valence electrons. The number of anilines is 1. The third-order valence-corrected chi connectivity index (χ3v) is 4.32. The number of para-hydroxylation sites is 1. The maximum absolute atomic E-state index is 12.5. The molecule has 1 N–H and O–H groups in total. The van der Waals surface area contributed by atoms with Crippen molar-refractivity contribution in [2.45, 2.75) is 33.1 Å². The van der Waals surface area contributed by atoms with Gasteiger partial charge in [0.15, 0.2) is 0 Å². The van der Waals surface area contributed by atoms with Crippen molar-refractivity contribution < 1.29 is 4.79 Å². The molecule has 1 heterocycles. The van der Waals surface area contributed by atoms with Gasteiger partial charge in [0.1, 0.15) is 0 Å². The van der Waals surface area contributed by atoms with Gasteiger partial charge in [-0.25, -0.2) is 0 Å². The molecule has 2 rings (SSSR count). The average molecular weight is 311 g/mol. The SMILES string of the molecule is CCN(C(=O)CC(C)C1CCCNC1)c1ccccc1.Cl. The minimum absolute atomic E-state index is 0. The molecule has 2 unspecified atom stereocenters. The van der Waals surface area contributed by atoms with Crippen molar-refractivity contribution >= 4 is 24.0 Å². The van der Waals surface area contributed by atoms with Gasteiger partial charge in [-0.05, 0) is 56.8 Å². The van der Waals surface area contributed by atoms with Crippen molar-refractivity contribution in [2.24, 2.45) is 11.8 Å². The molecule has 0 bridgehead atoms. The van der Waals surface area contributed by atoms with E-state index < -0.39 is 0 Å². The smallest absolute Gasteiger partial charge is 0.227 e. The van der Waals surface area contributed by atoms with E-state index >= 15 is 0 Å². The lowest BCUT2D eigenvalue weighted by Gasteiger charge is -2.30. The standard InChI is InChI=1S/C17H26N2O.ClH/c1-3-19(16-9-5-4-6-10-16)17(20)12-14(2)15-8-7-11-18-13-15;/h4-6,9-10,14-15,18H,3,7-8,11-13H2,1-2H3;1H. The van der Waals surface area contributed by atoms with E-state index in [4.69, 9.17) is 0 Å². The Labute approximate surface area is 134 Å². The van der Waals surface area contributed by atoms with Gasteiger partial charge in [-0.15, -0.1) is 12.4 Å². The van der Waals surface area contributed by atoms with Crippen molar-refractivity contribution in [1.29, 1.82) is 0 Å². The summed E-state index contributed by atoms with van der Waals surface area (Å²) in [4.78, 5) is 14.4. The second-order valence-corrected chi connectivity index (χ2v) is 5.76. The average Bonchev–Trinajstić information content (AvgIpc) is 2.50. The Balaban J connectivity index is 0.00000220. The monoisotopic (exact) mass is 310 g/mol. The Morgan fingerprint density at radius 2 is 2.10 bits per heavy atom. The summed E-state index contributed by atoms with van der Waals surface area (Å²) in [6.07, 6.45) is 3.13. The molecule has 1 aromatic rings. The molecule has 0 aromatic heterocycles. The zero-order chi connectivity index (χ0) is 14.4. The first-order valence-electron chi connectivity index (χ1n) is 7.78. The van der Waals surface area contributed by atoms with Crippen molar-refractivity contribution in [3.05, 3.63) is 30.3 Å². The fraction of sp³-hybridized carbons (Fsp3) is 0.588. The topological polar surface area (TPSA) is 32.3 Å². The van der Waals surface area contributed by atoms with Crippen molar-refractivity contribution in [1.82, 2.24) is 5.32 Å². The van der Waals surface area contributed by atoms with Crippen LogP contribution in [0.4, 0.5) is 5.69 Å². The lowest BCUT2D eigenvalue weighted by molar-refractivity contribution is -0.119. The lowest BCUT2D eigenvalue weighted by atomic mass is 9.85. The molecule has 1 aliphatic rings. The van der Waals surface area contributed by atoms with Crippen LogP contribution in [-0.4, -0.2) is 25.5 Å². The predicted octanol–water partition coefficient (Wildman–Crippen LogP) is 3.49. The molecule has 1 amide bonds. The van der Waals surface area contributed by atoms with Crippen molar-refractivity contribution in [3.8, 4) is 0 Å². The molecule has 2 atom stereocenters. The highest BCUT2D eigenvalue weighted by atomic mass is 35.5. The third kappa shape index (κ3) is 5.01. The molecule has 1 fully saturated rings. The molecular formula is C17H27ClN2O. The van der Waals surface area contributed by atoms with Gasteiger partial charge in [-0.1, -0.05) is 25.1 Å². The number of piperidine rings is 1. The molecule has 1 aliphatic heterocycles. The highest BCUT2D eigenvalue weighted by Crippen LogP contribution is 2.24. The fourth-order valence-electron chi connectivity index (χ4n) is 3.03. The molecule has 1 saturated heterocycles. The first kappa shape index (κ1) is 18.0. The van der Waals surface area contributed by atoms with Gasteiger partial charge in [-0.3, -0.25) is 4.79 Å². The minimum Gasteiger partial charge on any atom is -0.316 e. The van der Waals surface area contributed by atoms with E-state index in [1.54, 1.807) is 0 Å². The van der Waals surface area contributed by atoms with E-state index in [1.807, 2.05) is 42.2 Å². The zero-order valence-electron chi connectivity index (χ0n) is 13.0. The number of hydrogen-bond acceptors (Lipinski definition) is 2. The molecule has 21 heavy (non-hydrogen) atoms. The van der Waals surface area contributed by atoms with Crippen LogP contribution in [0.2, 0.25) is 0 Å². The van der Waals surface area contributed by atoms with Gasteiger partial charge in [0.25, 0.3) is 0 Å². The largest absolute Gasteiger partial charge is 0.316 e. The van der Waals surface area contributed by atoms with Gasteiger partial charge in [0, 0.05) is 18.7 Å². The molecule has 0 saturated carbocycles. The van der Waals surface area contributed by atoms with E-state index in [9.17, 15) is 4.79 Å². The van der Waals surface area contributed by atoms with Crippen molar-refractivity contribution in [3.63, 3.8) is 0 Å². The Morgan fingerprint density at radius 3 is 2.67 bits per heavy atom. The molecule has 3 nitrogen and oxygen atoms in total. The van der Waals surface area contributed by atoms with Crippen molar-refractivity contribution in [2.75, 3.05) is 24.5 Å². The summed E-state index contributed by atoms with van der Waals surface area (Å²) in [6, 6.07) is 9.97. The third-order valence-electron chi connectivity index (χ3n) is 4.32. The quantitative estimate of drug-likeness (QED) is 0.903. The summed E-state index contributed by atoms with van der Waals surface area (Å²) >= 11 is 0. The van der Waals surface area contributed by atoms with Crippen LogP contribution in [0.5, 0.6) is 0 Å². The highest BCUT2D eigenvalue weighted by Gasteiger charge is 2.24. The maximum Gasteiger partial charge on any atom is 0.227 e. The van der Waals surface area contributed by atoms with Gasteiger partial charge in [0.2, 0.25) is 5.91 Å². The second kappa shape index (κ2) is 9.06. The Bertz CT molecular complexity index is 418. The van der Waals surface area contributed by atoms with E-state index in [2.05, 4.69) is 12.2 Å². The molecule has 0 aliphatic carbocycles. The number of benzene rings is 1. The Hall–Kier alpha value is -1.06. The summed E-state index contributed by atoms with van der Waals surface area (Å²) < 4.78 is 0. The minimum atomic E-state index is 0. The number of rotatable bonds is 5. The van der Waals surface area contributed by atoms with Gasteiger partial charge in [-0.2, -0.15) is 0 Å². The lowest BCUT2D eigenvalue weighted by Crippen LogP contribution is -2.37. The van der Waals surface area contributed by atoms with Crippen LogP contribution in [0.15, 0.2) is 30.3 Å². The summed E-state index contributed by atoms with van der Waals surface area (Å²) in [5.41, 5.74) is 1.01. The summed E-state index contributed by atoms with van der Waals surface area (Å²) in [5, 5.41) is 3.44. The molecule has 0 spiro atoms. The van der Waals surface area contributed by atoms with E-state index in [0.717, 1.165) is 25.3 Å². The van der Waals surface area contributed by atoms with Crippen LogP contribution in [0.3, 0.4) is 0 Å². The number of carbonyl (C=O) groups excluding carboxylic acids is 1. The molecule has 1 aromatic carbocycles. The number of carbonyl (C=O) groups is 1. The number of nitrogens with zero attached hydrogens (tertiary/aromatic N) is 1. The van der Waals surface area contributed by atoms with Crippen LogP contribution in [-0.2, 0) is 4.79 Å². The van der Waals surface area contributed by atoms with Crippen LogP contribution >= 0.6 is 12.4 Å². The fourth-order valence-corrected chi connectivity index (χ4v) is 3.03. The summed E-state index contributed by atoms with van der Waals surface area (Å²) in [7, 11) is 0. The first-order chi connectivity index (χ1) is 9.72. The molecular weight excluding hydrogens is 284 g/mol. The number of amides is 1. The number of hydrogen-bond donors (Lipinski definition) is 1. The molecule has 0 radical (unpaired) electrons. The predicted molar refractivity (Wildman–Crippen MR) is 91.1 cm³/mol. The Kier molecular flexibility index (Phi) is 7.76. The van der Waals surface area contributed by atoms with Gasteiger partial charge < -0.3 is 10.2 Å². The number of nitrogens with one attached hydrogen (secondary N) is 1. The van der Waals surface area contributed by atoms with Crippen LogP contribution in [0, 0.1) is 11.8 Å². The zero-order valence-corrected chi connectivity index (χ0v) is 13.9. The summed E-state index contributed by atoms with van der Waals surface area (Å²) in [5.74, 6) is 1.34. The van der Waals surface area contributed by atoms with Crippen LogP contribution in [0.1, 0.15) is 33.1 Å². The van der Waals surface area contributed by atoms with Crippen LogP contribution in [0.25, 0.3) is 0 Å². The number of halogens is 1. The van der Waals surface area contributed by atoms with Gasteiger partial charge >= 0.3 is 0 Å². The van der Waals surface area contributed by atoms with E-state index in [-0.39, 0.29) is 18.3 Å². The summed E-state index contributed by atoms with van der Waals surface area (Å²) in [6.45, 7) is 7.18. The first-order valence-corrected chi connectivity index (χ1v) is 7.78. The highest BCUT2D eigenvalue weighted by molar-refractivity contribution is 5.93. The normalized spacial score (nSPS) is 19.4.